The van der Waals surface area contributed by atoms with Gasteiger partial charge in [-0.25, -0.2) is 13.1 Å². The molecule has 3 rings (SSSR count). The standard InChI is InChI=1S/C21H28N2O3S/c1-21(2,3)18-6-8-19(9-7-18)27(24,25)23-20(16-10-13-26-14-11-16)17-5-4-12-22-15-17/h4-9,12,15-16,20,23H,10-11,13-14H2,1-3H3. The number of aromatic nitrogens is 1. The Bertz CT molecular complexity index is 837. The van der Waals surface area contributed by atoms with Crippen molar-refractivity contribution in [2.45, 2.75) is 50.0 Å². The third-order valence-corrected chi connectivity index (χ3v) is 6.55. The van der Waals surface area contributed by atoms with Gasteiger partial charge in [0.1, 0.15) is 0 Å². The first-order valence-corrected chi connectivity index (χ1v) is 10.9. The van der Waals surface area contributed by atoms with Crippen LogP contribution in [0.2, 0.25) is 0 Å². The van der Waals surface area contributed by atoms with Gasteiger partial charge >= 0.3 is 0 Å². The number of ether oxygens (including phenoxy) is 1. The molecule has 1 aliphatic heterocycles. The van der Waals surface area contributed by atoms with Gasteiger partial charge in [0.2, 0.25) is 10.0 Å². The maximum atomic E-state index is 13.1. The molecule has 0 saturated carbocycles. The molecule has 6 heteroatoms. The van der Waals surface area contributed by atoms with Gasteiger partial charge in [0, 0.05) is 25.6 Å². The van der Waals surface area contributed by atoms with Crippen molar-refractivity contribution in [2.75, 3.05) is 13.2 Å². The predicted octanol–water partition coefficient (Wildman–Crippen LogP) is 3.83. The van der Waals surface area contributed by atoms with E-state index in [1.54, 1.807) is 24.5 Å². The van der Waals surface area contributed by atoms with Crippen molar-refractivity contribution in [3.8, 4) is 0 Å². The van der Waals surface area contributed by atoms with E-state index in [1.807, 2.05) is 24.3 Å². The Morgan fingerprint density at radius 2 is 1.78 bits per heavy atom. The molecule has 0 radical (unpaired) electrons. The Balaban J connectivity index is 1.87. The molecule has 1 N–H and O–H groups in total. The summed E-state index contributed by atoms with van der Waals surface area (Å²) >= 11 is 0. The summed E-state index contributed by atoms with van der Waals surface area (Å²) in [6, 6.07) is 10.6. The van der Waals surface area contributed by atoms with Crippen molar-refractivity contribution in [3.63, 3.8) is 0 Å². The normalized spacial score (nSPS) is 17.6. The minimum absolute atomic E-state index is 0.0178. The number of benzene rings is 1. The lowest BCUT2D eigenvalue weighted by molar-refractivity contribution is 0.0564. The van der Waals surface area contributed by atoms with Crippen molar-refractivity contribution in [1.29, 1.82) is 0 Å². The Morgan fingerprint density at radius 1 is 1.11 bits per heavy atom. The van der Waals surface area contributed by atoms with Crippen LogP contribution in [0.25, 0.3) is 0 Å². The summed E-state index contributed by atoms with van der Waals surface area (Å²) in [7, 11) is -3.64. The van der Waals surface area contributed by atoms with Crippen molar-refractivity contribution in [2.24, 2.45) is 5.92 Å². The van der Waals surface area contributed by atoms with Crippen LogP contribution in [0.4, 0.5) is 0 Å². The predicted molar refractivity (Wildman–Crippen MR) is 106 cm³/mol. The highest BCUT2D eigenvalue weighted by Crippen LogP contribution is 2.31. The van der Waals surface area contributed by atoms with Crippen LogP contribution in [0.3, 0.4) is 0 Å². The van der Waals surface area contributed by atoms with Crippen molar-refractivity contribution in [3.05, 3.63) is 59.9 Å². The quantitative estimate of drug-likeness (QED) is 0.845. The number of hydrogen-bond acceptors (Lipinski definition) is 4. The Hall–Kier alpha value is -1.76. The summed E-state index contributed by atoms with van der Waals surface area (Å²) in [6.07, 6.45) is 5.09. The van der Waals surface area contributed by atoms with Crippen LogP contribution in [0.1, 0.15) is 50.8 Å². The van der Waals surface area contributed by atoms with E-state index < -0.39 is 10.0 Å². The van der Waals surface area contributed by atoms with Crippen molar-refractivity contribution < 1.29 is 13.2 Å². The first-order chi connectivity index (χ1) is 12.8. The minimum Gasteiger partial charge on any atom is -0.381 e. The van der Waals surface area contributed by atoms with E-state index in [0.29, 0.717) is 13.2 Å². The Kier molecular flexibility index (Phi) is 5.99. The van der Waals surface area contributed by atoms with Crippen LogP contribution in [-0.4, -0.2) is 26.6 Å². The summed E-state index contributed by atoms with van der Waals surface area (Å²) in [5.41, 5.74) is 1.98. The zero-order valence-electron chi connectivity index (χ0n) is 16.2. The number of sulfonamides is 1. The largest absolute Gasteiger partial charge is 0.381 e. The lowest BCUT2D eigenvalue weighted by atomic mass is 9.87. The van der Waals surface area contributed by atoms with E-state index in [-0.39, 0.29) is 22.3 Å². The van der Waals surface area contributed by atoms with Crippen molar-refractivity contribution in [1.82, 2.24) is 9.71 Å². The fraction of sp³-hybridized carbons (Fsp3) is 0.476. The molecule has 1 aromatic heterocycles. The molecule has 1 atom stereocenters. The number of nitrogens with zero attached hydrogens (tertiary/aromatic N) is 1. The molecule has 1 unspecified atom stereocenters. The zero-order valence-corrected chi connectivity index (χ0v) is 17.0. The number of pyridine rings is 1. The molecule has 146 valence electrons. The molecular weight excluding hydrogens is 360 g/mol. The molecule has 0 amide bonds. The SMILES string of the molecule is CC(C)(C)c1ccc(S(=O)(=O)NC(c2cccnc2)C2CCOCC2)cc1. The van der Waals surface area contributed by atoms with Gasteiger partial charge in [0.15, 0.2) is 0 Å². The van der Waals surface area contributed by atoms with Crippen LogP contribution in [0, 0.1) is 5.92 Å². The molecule has 2 heterocycles. The maximum Gasteiger partial charge on any atom is 0.241 e. The lowest BCUT2D eigenvalue weighted by Crippen LogP contribution is -2.36. The van der Waals surface area contributed by atoms with Crippen LogP contribution in [0.5, 0.6) is 0 Å². The van der Waals surface area contributed by atoms with Gasteiger partial charge in [-0.1, -0.05) is 39.0 Å². The topological polar surface area (TPSA) is 68.3 Å². The van der Waals surface area contributed by atoms with Gasteiger partial charge in [-0.05, 0) is 53.5 Å². The number of hydrogen-bond donors (Lipinski definition) is 1. The summed E-state index contributed by atoms with van der Waals surface area (Å²) in [5, 5.41) is 0. The first-order valence-electron chi connectivity index (χ1n) is 9.38. The number of rotatable bonds is 5. The molecule has 0 bridgehead atoms. The van der Waals surface area contributed by atoms with Gasteiger partial charge in [-0.2, -0.15) is 0 Å². The maximum absolute atomic E-state index is 13.1. The molecule has 1 saturated heterocycles. The van der Waals surface area contributed by atoms with E-state index >= 15 is 0 Å². The van der Waals surface area contributed by atoms with Crippen LogP contribution < -0.4 is 4.72 Å². The summed E-state index contributed by atoms with van der Waals surface area (Å²) in [6.45, 7) is 7.64. The lowest BCUT2D eigenvalue weighted by Gasteiger charge is -2.31. The second kappa shape index (κ2) is 8.09. The van der Waals surface area contributed by atoms with Crippen LogP contribution in [0.15, 0.2) is 53.7 Å². The Labute approximate surface area is 162 Å². The fourth-order valence-electron chi connectivity index (χ4n) is 3.41. The minimum atomic E-state index is -3.64. The third kappa shape index (κ3) is 4.94. The van der Waals surface area contributed by atoms with Gasteiger partial charge < -0.3 is 4.74 Å². The number of nitrogens with one attached hydrogen (secondary N) is 1. The van der Waals surface area contributed by atoms with Gasteiger partial charge in [0.25, 0.3) is 0 Å². The smallest absolute Gasteiger partial charge is 0.241 e. The van der Waals surface area contributed by atoms with Gasteiger partial charge in [0.05, 0.1) is 10.9 Å². The Morgan fingerprint density at radius 3 is 2.33 bits per heavy atom. The summed E-state index contributed by atoms with van der Waals surface area (Å²) < 4.78 is 34.5. The van der Waals surface area contributed by atoms with Gasteiger partial charge in [-0.3, -0.25) is 4.98 Å². The van der Waals surface area contributed by atoms with Crippen molar-refractivity contribution >= 4 is 10.0 Å². The molecule has 1 aromatic carbocycles. The molecular formula is C21H28N2O3S. The molecule has 1 fully saturated rings. The van der Waals surface area contributed by atoms with E-state index in [1.165, 1.54) is 0 Å². The summed E-state index contributed by atoms with van der Waals surface area (Å²) in [4.78, 5) is 4.46. The highest BCUT2D eigenvalue weighted by Gasteiger charge is 2.30. The second-order valence-electron chi connectivity index (χ2n) is 8.11. The second-order valence-corrected chi connectivity index (χ2v) is 9.82. The van der Waals surface area contributed by atoms with Crippen LogP contribution in [-0.2, 0) is 20.2 Å². The first kappa shape index (κ1) is 20.0. The van der Waals surface area contributed by atoms with E-state index in [2.05, 4.69) is 30.5 Å². The third-order valence-electron chi connectivity index (χ3n) is 5.09. The van der Waals surface area contributed by atoms with Crippen LogP contribution >= 0.6 is 0 Å². The van der Waals surface area contributed by atoms with E-state index in [4.69, 9.17) is 4.74 Å². The van der Waals surface area contributed by atoms with E-state index in [9.17, 15) is 8.42 Å². The molecule has 0 spiro atoms. The highest BCUT2D eigenvalue weighted by atomic mass is 32.2. The monoisotopic (exact) mass is 388 g/mol. The molecule has 5 nitrogen and oxygen atoms in total. The molecule has 0 aliphatic carbocycles. The highest BCUT2D eigenvalue weighted by molar-refractivity contribution is 7.89. The average molecular weight is 389 g/mol. The van der Waals surface area contributed by atoms with E-state index in [0.717, 1.165) is 24.0 Å². The average Bonchev–Trinajstić information content (AvgIpc) is 2.67. The zero-order chi connectivity index (χ0) is 19.5. The molecule has 27 heavy (non-hydrogen) atoms. The fourth-order valence-corrected chi connectivity index (χ4v) is 4.71. The molecule has 2 aromatic rings. The summed E-state index contributed by atoms with van der Waals surface area (Å²) in [5.74, 6) is 0.187. The molecule has 1 aliphatic rings. The van der Waals surface area contributed by atoms with Gasteiger partial charge in [-0.15, -0.1) is 0 Å².